The van der Waals surface area contributed by atoms with Crippen LogP contribution in [0.25, 0.3) is 0 Å². The minimum Gasteiger partial charge on any atom is -0.396 e. The van der Waals surface area contributed by atoms with E-state index in [1.165, 1.54) is 0 Å². The first-order valence-corrected chi connectivity index (χ1v) is 6.33. The Morgan fingerprint density at radius 3 is 3.06 bits per heavy atom. The van der Waals surface area contributed by atoms with E-state index in [4.69, 9.17) is 15.6 Å². The summed E-state index contributed by atoms with van der Waals surface area (Å²) >= 11 is 0. The quantitative estimate of drug-likeness (QED) is 0.688. The first-order valence-electron chi connectivity index (χ1n) is 6.33. The highest BCUT2D eigenvalue weighted by Gasteiger charge is 2.26. The standard InChI is InChI=1S/C12H24N2O3/c1-17-8-5-11(13)12(16)14-6-2-3-10(9-14)4-7-15/h10-11,15H,2-9,13H2,1H3. The Labute approximate surface area is 103 Å². The van der Waals surface area contributed by atoms with Gasteiger partial charge in [0, 0.05) is 33.4 Å². The average molecular weight is 244 g/mol. The molecule has 0 bridgehead atoms. The van der Waals surface area contributed by atoms with E-state index in [2.05, 4.69) is 0 Å². The van der Waals surface area contributed by atoms with Crippen LogP contribution >= 0.6 is 0 Å². The van der Waals surface area contributed by atoms with E-state index in [1.54, 1.807) is 7.11 Å². The molecule has 17 heavy (non-hydrogen) atoms. The lowest BCUT2D eigenvalue weighted by molar-refractivity contribution is -0.135. The molecule has 1 amide bonds. The fraction of sp³-hybridized carbons (Fsp3) is 0.917. The summed E-state index contributed by atoms with van der Waals surface area (Å²) in [5.74, 6) is 0.442. The Morgan fingerprint density at radius 2 is 2.41 bits per heavy atom. The van der Waals surface area contributed by atoms with Gasteiger partial charge in [0.15, 0.2) is 0 Å². The van der Waals surface area contributed by atoms with E-state index in [9.17, 15) is 4.79 Å². The van der Waals surface area contributed by atoms with Crippen molar-refractivity contribution in [2.75, 3.05) is 33.4 Å². The Morgan fingerprint density at radius 1 is 1.65 bits per heavy atom. The van der Waals surface area contributed by atoms with Crippen molar-refractivity contribution in [1.29, 1.82) is 0 Å². The molecule has 3 N–H and O–H groups in total. The van der Waals surface area contributed by atoms with Gasteiger partial charge in [-0.05, 0) is 31.6 Å². The zero-order chi connectivity index (χ0) is 12.7. The molecule has 0 radical (unpaired) electrons. The van der Waals surface area contributed by atoms with E-state index in [1.807, 2.05) is 4.90 Å². The minimum atomic E-state index is -0.456. The molecule has 1 fully saturated rings. The van der Waals surface area contributed by atoms with Crippen molar-refractivity contribution in [2.45, 2.75) is 31.7 Å². The van der Waals surface area contributed by atoms with Crippen LogP contribution in [0.5, 0.6) is 0 Å². The number of hydrogen-bond acceptors (Lipinski definition) is 4. The lowest BCUT2D eigenvalue weighted by Crippen LogP contribution is -2.48. The van der Waals surface area contributed by atoms with Crippen molar-refractivity contribution in [3.8, 4) is 0 Å². The fourth-order valence-corrected chi connectivity index (χ4v) is 2.29. The van der Waals surface area contributed by atoms with Gasteiger partial charge >= 0.3 is 0 Å². The van der Waals surface area contributed by atoms with Crippen molar-refractivity contribution >= 4 is 5.91 Å². The first-order chi connectivity index (χ1) is 8.19. The van der Waals surface area contributed by atoms with Crippen LogP contribution < -0.4 is 5.73 Å². The van der Waals surface area contributed by atoms with Crippen molar-refractivity contribution in [2.24, 2.45) is 11.7 Å². The molecule has 0 aromatic rings. The summed E-state index contributed by atoms with van der Waals surface area (Å²) in [4.78, 5) is 13.9. The molecule has 0 aromatic carbocycles. The molecule has 0 aliphatic carbocycles. The highest BCUT2D eigenvalue weighted by Crippen LogP contribution is 2.19. The largest absolute Gasteiger partial charge is 0.396 e. The van der Waals surface area contributed by atoms with Gasteiger partial charge in [0.05, 0.1) is 6.04 Å². The maximum Gasteiger partial charge on any atom is 0.239 e. The summed E-state index contributed by atoms with van der Waals surface area (Å²) in [6, 6.07) is -0.456. The SMILES string of the molecule is COCCC(N)C(=O)N1CCCC(CCO)C1. The number of hydrogen-bond donors (Lipinski definition) is 2. The molecular formula is C12H24N2O3. The summed E-state index contributed by atoms with van der Waals surface area (Å²) in [7, 11) is 1.61. The molecule has 1 aliphatic rings. The molecule has 0 spiro atoms. The molecule has 2 atom stereocenters. The number of rotatable bonds is 6. The fourth-order valence-electron chi connectivity index (χ4n) is 2.29. The molecule has 1 heterocycles. The molecule has 1 saturated heterocycles. The lowest BCUT2D eigenvalue weighted by atomic mass is 9.94. The first kappa shape index (κ1) is 14.4. The predicted octanol–water partition coefficient (Wildman–Crippen LogP) is -0.0288. The summed E-state index contributed by atoms with van der Waals surface area (Å²) in [6.45, 7) is 2.24. The number of piperidine rings is 1. The van der Waals surface area contributed by atoms with Crippen LogP contribution in [-0.4, -0.2) is 55.4 Å². The van der Waals surface area contributed by atoms with Gasteiger partial charge in [0.2, 0.25) is 5.91 Å². The number of nitrogens with two attached hydrogens (primary N) is 1. The molecule has 0 saturated carbocycles. The van der Waals surface area contributed by atoms with Crippen LogP contribution in [0.4, 0.5) is 0 Å². The number of carbonyl (C=O) groups excluding carboxylic acids is 1. The number of aliphatic hydroxyl groups excluding tert-OH is 1. The van der Waals surface area contributed by atoms with Gasteiger partial charge in [-0.15, -0.1) is 0 Å². The second-order valence-corrected chi connectivity index (χ2v) is 4.69. The normalized spacial score (nSPS) is 22.5. The minimum absolute atomic E-state index is 0.0182. The molecule has 5 heteroatoms. The van der Waals surface area contributed by atoms with Crippen LogP contribution in [-0.2, 0) is 9.53 Å². The lowest BCUT2D eigenvalue weighted by Gasteiger charge is -2.34. The molecule has 100 valence electrons. The zero-order valence-electron chi connectivity index (χ0n) is 10.6. The van der Waals surface area contributed by atoms with E-state index in [0.717, 1.165) is 32.4 Å². The summed E-state index contributed by atoms with van der Waals surface area (Å²) in [6.07, 6.45) is 3.44. The maximum atomic E-state index is 12.0. The third-order valence-electron chi connectivity index (χ3n) is 3.32. The van der Waals surface area contributed by atoms with Crippen LogP contribution in [0.1, 0.15) is 25.7 Å². The number of likely N-dealkylation sites (tertiary alicyclic amines) is 1. The van der Waals surface area contributed by atoms with E-state index >= 15 is 0 Å². The number of aliphatic hydroxyl groups is 1. The van der Waals surface area contributed by atoms with Crippen LogP contribution in [0.15, 0.2) is 0 Å². The topological polar surface area (TPSA) is 75.8 Å². The predicted molar refractivity (Wildman–Crippen MR) is 65.5 cm³/mol. The van der Waals surface area contributed by atoms with Crippen molar-refractivity contribution in [3.63, 3.8) is 0 Å². The molecule has 2 unspecified atom stereocenters. The van der Waals surface area contributed by atoms with E-state index in [0.29, 0.717) is 18.9 Å². The van der Waals surface area contributed by atoms with Gasteiger partial charge in [-0.1, -0.05) is 0 Å². The summed E-state index contributed by atoms with van der Waals surface area (Å²) in [5, 5.41) is 8.92. The monoisotopic (exact) mass is 244 g/mol. The van der Waals surface area contributed by atoms with Gasteiger partial charge < -0.3 is 20.5 Å². The zero-order valence-corrected chi connectivity index (χ0v) is 10.6. The Hall–Kier alpha value is -0.650. The van der Waals surface area contributed by atoms with Crippen LogP contribution in [0.3, 0.4) is 0 Å². The number of nitrogens with zero attached hydrogens (tertiary/aromatic N) is 1. The third kappa shape index (κ3) is 4.61. The van der Waals surface area contributed by atoms with Crippen LogP contribution in [0.2, 0.25) is 0 Å². The highest BCUT2D eigenvalue weighted by atomic mass is 16.5. The highest BCUT2D eigenvalue weighted by molar-refractivity contribution is 5.81. The van der Waals surface area contributed by atoms with Crippen molar-refractivity contribution < 1.29 is 14.6 Å². The van der Waals surface area contributed by atoms with E-state index < -0.39 is 6.04 Å². The molecule has 0 aromatic heterocycles. The van der Waals surface area contributed by atoms with Crippen LogP contribution in [0, 0.1) is 5.92 Å². The number of carbonyl (C=O) groups is 1. The summed E-state index contributed by atoms with van der Waals surface area (Å²) < 4.78 is 4.93. The molecule has 1 aliphatic heterocycles. The van der Waals surface area contributed by atoms with Gasteiger partial charge in [-0.3, -0.25) is 4.79 Å². The van der Waals surface area contributed by atoms with Crippen molar-refractivity contribution in [1.82, 2.24) is 4.90 Å². The summed E-state index contributed by atoms with van der Waals surface area (Å²) in [5.41, 5.74) is 5.83. The Balaban J connectivity index is 2.39. The van der Waals surface area contributed by atoms with Gasteiger partial charge in [0.1, 0.15) is 0 Å². The molecule has 1 rings (SSSR count). The number of ether oxygens (including phenoxy) is 1. The van der Waals surface area contributed by atoms with Crippen molar-refractivity contribution in [3.05, 3.63) is 0 Å². The Kier molecular flexibility index (Phi) is 6.47. The number of amides is 1. The number of methoxy groups -OCH3 is 1. The van der Waals surface area contributed by atoms with E-state index in [-0.39, 0.29) is 12.5 Å². The third-order valence-corrected chi connectivity index (χ3v) is 3.32. The van der Waals surface area contributed by atoms with Gasteiger partial charge in [-0.25, -0.2) is 0 Å². The average Bonchev–Trinajstić information content (AvgIpc) is 2.35. The smallest absolute Gasteiger partial charge is 0.239 e. The second-order valence-electron chi connectivity index (χ2n) is 4.69. The Bertz CT molecular complexity index is 234. The van der Waals surface area contributed by atoms with Gasteiger partial charge in [0.25, 0.3) is 0 Å². The maximum absolute atomic E-state index is 12.0. The second kappa shape index (κ2) is 7.63. The molecule has 5 nitrogen and oxygen atoms in total. The molecular weight excluding hydrogens is 220 g/mol. The van der Waals surface area contributed by atoms with Gasteiger partial charge in [-0.2, -0.15) is 0 Å².